The van der Waals surface area contributed by atoms with E-state index < -0.39 is 0 Å². The lowest BCUT2D eigenvalue weighted by Crippen LogP contribution is -2.30. The van der Waals surface area contributed by atoms with Crippen LogP contribution in [0.25, 0.3) is 0 Å². The van der Waals surface area contributed by atoms with Gasteiger partial charge >= 0.3 is 0 Å². The van der Waals surface area contributed by atoms with Gasteiger partial charge in [0.25, 0.3) is 5.91 Å². The number of carbonyl (C=O) groups is 1. The molecule has 0 bridgehead atoms. The van der Waals surface area contributed by atoms with Crippen molar-refractivity contribution in [1.29, 1.82) is 0 Å². The zero-order valence-electron chi connectivity index (χ0n) is 11.7. The smallest absolute Gasteiger partial charge is 0.254 e. The van der Waals surface area contributed by atoms with Crippen LogP contribution in [0.1, 0.15) is 40.7 Å². The summed E-state index contributed by atoms with van der Waals surface area (Å²) in [6, 6.07) is 6.78. The highest BCUT2D eigenvalue weighted by molar-refractivity contribution is 6.33. The van der Waals surface area contributed by atoms with E-state index in [4.69, 9.17) is 21.9 Å². The van der Waals surface area contributed by atoms with Crippen LogP contribution < -0.4 is 5.73 Å². The molecule has 1 aliphatic rings. The van der Waals surface area contributed by atoms with Crippen LogP contribution in [0.15, 0.2) is 28.8 Å². The molecule has 3 rings (SSSR count). The number of aromatic nitrogens is 1. The van der Waals surface area contributed by atoms with Crippen LogP contribution in [0, 0.1) is 6.92 Å². The van der Waals surface area contributed by atoms with Crippen molar-refractivity contribution in [3.8, 4) is 0 Å². The summed E-state index contributed by atoms with van der Waals surface area (Å²) in [4.78, 5) is 14.5. The van der Waals surface area contributed by atoms with Crippen molar-refractivity contribution in [3.63, 3.8) is 0 Å². The molecule has 6 heteroatoms. The molecule has 2 heterocycles. The van der Waals surface area contributed by atoms with E-state index in [0.29, 0.717) is 22.8 Å². The molecule has 0 aliphatic carbocycles. The van der Waals surface area contributed by atoms with Crippen LogP contribution in [-0.2, 0) is 0 Å². The lowest BCUT2D eigenvalue weighted by molar-refractivity contribution is 0.0714. The van der Waals surface area contributed by atoms with Gasteiger partial charge in [-0.3, -0.25) is 4.79 Å². The van der Waals surface area contributed by atoms with E-state index in [9.17, 15) is 4.79 Å². The van der Waals surface area contributed by atoms with Crippen LogP contribution >= 0.6 is 11.6 Å². The number of anilines is 1. The minimum atomic E-state index is -0.0603. The molecule has 1 saturated heterocycles. The minimum Gasteiger partial charge on any atom is -0.398 e. The molecule has 5 nitrogen and oxygen atoms in total. The van der Waals surface area contributed by atoms with Crippen molar-refractivity contribution in [1.82, 2.24) is 10.1 Å². The van der Waals surface area contributed by atoms with Gasteiger partial charge in [0.05, 0.1) is 22.4 Å². The minimum absolute atomic E-state index is 0.0596. The largest absolute Gasteiger partial charge is 0.398 e. The maximum atomic E-state index is 12.7. The lowest BCUT2D eigenvalue weighted by Gasteiger charge is -2.22. The molecule has 1 fully saturated rings. The predicted octanol–water partition coefficient (Wildman–Crippen LogP) is 3.20. The van der Waals surface area contributed by atoms with E-state index in [2.05, 4.69) is 5.16 Å². The van der Waals surface area contributed by atoms with Gasteiger partial charge in [0, 0.05) is 18.2 Å². The van der Waals surface area contributed by atoms with Crippen molar-refractivity contribution < 1.29 is 9.32 Å². The monoisotopic (exact) mass is 305 g/mol. The Balaban J connectivity index is 1.87. The van der Waals surface area contributed by atoms with Crippen molar-refractivity contribution in [2.75, 3.05) is 12.3 Å². The van der Waals surface area contributed by atoms with Crippen LogP contribution in [0.5, 0.6) is 0 Å². The van der Waals surface area contributed by atoms with E-state index in [-0.39, 0.29) is 11.9 Å². The second-order valence-electron chi connectivity index (χ2n) is 5.26. The molecule has 110 valence electrons. The predicted molar refractivity (Wildman–Crippen MR) is 80.1 cm³/mol. The molecule has 2 aromatic rings. The molecule has 1 aromatic carbocycles. The normalized spacial score (nSPS) is 18.2. The van der Waals surface area contributed by atoms with Crippen molar-refractivity contribution in [2.24, 2.45) is 0 Å². The number of nitrogen functional groups attached to an aromatic ring is 1. The first-order valence-corrected chi connectivity index (χ1v) is 7.23. The molecule has 2 N–H and O–H groups in total. The van der Waals surface area contributed by atoms with Crippen molar-refractivity contribution in [3.05, 3.63) is 46.3 Å². The summed E-state index contributed by atoms with van der Waals surface area (Å²) in [6.45, 7) is 2.57. The Labute approximate surface area is 127 Å². The fourth-order valence-electron chi connectivity index (χ4n) is 2.69. The molecule has 21 heavy (non-hydrogen) atoms. The number of nitrogens with zero attached hydrogens (tertiary/aromatic N) is 2. The number of hydrogen-bond acceptors (Lipinski definition) is 4. The first kappa shape index (κ1) is 13.9. The summed E-state index contributed by atoms with van der Waals surface area (Å²) in [6.07, 6.45) is 1.82. The fraction of sp³-hybridized carbons (Fsp3) is 0.333. The number of hydrogen-bond donors (Lipinski definition) is 1. The van der Waals surface area contributed by atoms with Crippen LogP contribution in [0.4, 0.5) is 5.69 Å². The molecule has 0 saturated carbocycles. The van der Waals surface area contributed by atoms with E-state index in [1.54, 1.807) is 18.2 Å². The van der Waals surface area contributed by atoms with Gasteiger partial charge in [0.1, 0.15) is 0 Å². The summed E-state index contributed by atoms with van der Waals surface area (Å²) >= 11 is 5.90. The second-order valence-corrected chi connectivity index (χ2v) is 5.67. The summed E-state index contributed by atoms with van der Waals surface area (Å²) in [7, 11) is 0. The number of carbonyl (C=O) groups excluding carboxylic acids is 1. The van der Waals surface area contributed by atoms with E-state index in [1.807, 2.05) is 17.9 Å². The van der Waals surface area contributed by atoms with Gasteiger partial charge in [0.15, 0.2) is 5.76 Å². The number of rotatable bonds is 2. The van der Waals surface area contributed by atoms with Crippen LogP contribution in [0.2, 0.25) is 5.02 Å². The Bertz CT molecular complexity index is 683. The number of benzene rings is 1. The summed E-state index contributed by atoms with van der Waals surface area (Å²) in [5.74, 6) is 0.676. The quantitative estimate of drug-likeness (QED) is 0.865. The maximum Gasteiger partial charge on any atom is 0.254 e. The Hall–Kier alpha value is -2.01. The molecule has 1 amide bonds. The Kier molecular flexibility index (Phi) is 3.59. The number of amides is 1. The van der Waals surface area contributed by atoms with E-state index in [0.717, 1.165) is 24.3 Å². The summed E-state index contributed by atoms with van der Waals surface area (Å²) in [5, 5.41) is 4.36. The third-order valence-electron chi connectivity index (χ3n) is 3.73. The van der Waals surface area contributed by atoms with E-state index in [1.165, 1.54) is 0 Å². The maximum absolute atomic E-state index is 12.7. The van der Waals surface area contributed by atoms with Gasteiger partial charge in [0.2, 0.25) is 0 Å². The molecule has 1 unspecified atom stereocenters. The molecule has 1 aromatic heterocycles. The second kappa shape index (κ2) is 5.41. The first-order chi connectivity index (χ1) is 10.1. The third kappa shape index (κ3) is 2.61. The number of aryl methyl sites for hydroxylation is 1. The zero-order chi connectivity index (χ0) is 15.0. The highest BCUT2D eigenvalue weighted by Gasteiger charge is 2.33. The molecule has 1 aliphatic heterocycles. The Morgan fingerprint density at radius 2 is 2.29 bits per heavy atom. The first-order valence-electron chi connectivity index (χ1n) is 6.85. The van der Waals surface area contributed by atoms with Gasteiger partial charge in [-0.2, -0.15) is 0 Å². The number of likely N-dealkylation sites (tertiary alicyclic amines) is 1. The highest BCUT2D eigenvalue weighted by Crippen LogP contribution is 2.34. The standard InChI is InChI=1S/C15H16ClN3O2/c1-9-7-14(21-18-9)13-3-2-6-19(13)15(20)10-4-5-11(16)12(17)8-10/h4-5,7-8,13H,2-3,6,17H2,1H3. The average molecular weight is 306 g/mol. The van der Waals surface area contributed by atoms with E-state index >= 15 is 0 Å². The molecule has 0 radical (unpaired) electrons. The van der Waals surface area contributed by atoms with Crippen LogP contribution in [-0.4, -0.2) is 22.5 Å². The topological polar surface area (TPSA) is 72.4 Å². The molecule has 0 spiro atoms. The molecular weight excluding hydrogens is 290 g/mol. The number of nitrogens with two attached hydrogens (primary N) is 1. The van der Waals surface area contributed by atoms with Gasteiger partial charge in [-0.1, -0.05) is 16.8 Å². The van der Waals surface area contributed by atoms with Gasteiger partial charge < -0.3 is 15.2 Å². The summed E-state index contributed by atoms with van der Waals surface area (Å²) < 4.78 is 5.32. The molecular formula is C15H16ClN3O2. The average Bonchev–Trinajstić information content (AvgIpc) is 3.09. The zero-order valence-corrected chi connectivity index (χ0v) is 12.4. The van der Waals surface area contributed by atoms with Gasteiger partial charge in [-0.15, -0.1) is 0 Å². The third-order valence-corrected chi connectivity index (χ3v) is 4.08. The SMILES string of the molecule is Cc1cc(C2CCCN2C(=O)c2ccc(Cl)c(N)c2)on1. The van der Waals surface area contributed by atoms with Crippen molar-refractivity contribution >= 4 is 23.2 Å². The van der Waals surface area contributed by atoms with Crippen molar-refractivity contribution in [2.45, 2.75) is 25.8 Å². The lowest BCUT2D eigenvalue weighted by atomic mass is 10.1. The van der Waals surface area contributed by atoms with Crippen LogP contribution in [0.3, 0.4) is 0 Å². The summed E-state index contributed by atoms with van der Waals surface area (Å²) in [5.41, 5.74) is 7.55. The number of halogens is 1. The molecule has 1 atom stereocenters. The Morgan fingerprint density at radius 1 is 1.48 bits per heavy atom. The van der Waals surface area contributed by atoms with Gasteiger partial charge in [-0.05, 0) is 38.0 Å². The Morgan fingerprint density at radius 3 is 2.95 bits per heavy atom. The van der Waals surface area contributed by atoms with Gasteiger partial charge in [-0.25, -0.2) is 0 Å². The fourth-order valence-corrected chi connectivity index (χ4v) is 2.81. The highest BCUT2D eigenvalue weighted by atomic mass is 35.5.